The van der Waals surface area contributed by atoms with Crippen molar-refractivity contribution in [2.24, 2.45) is 10.4 Å². The molecule has 1 aliphatic heterocycles. The maximum atomic E-state index is 4.26. The molecular weight excluding hydrogens is 150 g/mol. The minimum absolute atomic E-state index is 0.0285. The summed E-state index contributed by atoms with van der Waals surface area (Å²) in [5.41, 5.74) is 0.0285. The lowest BCUT2D eigenvalue weighted by atomic mass is 9.96. The van der Waals surface area contributed by atoms with E-state index in [2.05, 4.69) is 29.9 Å². The van der Waals surface area contributed by atoms with Crippen LogP contribution in [0.4, 0.5) is 5.95 Å². The number of aromatic nitrogens is 2. The molecule has 1 aromatic rings. The Balaban J connectivity index is 2.49. The van der Waals surface area contributed by atoms with Gasteiger partial charge in [-0.2, -0.15) is 0 Å². The minimum atomic E-state index is 0.0285. The molecule has 0 aliphatic carbocycles. The Kier molecular flexibility index (Phi) is 1.40. The van der Waals surface area contributed by atoms with E-state index in [0.29, 0.717) is 0 Å². The highest BCUT2D eigenvalue weighted by Gasteiger charge is 2.13. The Morgan fingerprint density at radius 1 is 1.42 bits per heavy atom. The summed E-state index contributed by atoms with van der Waals surface area (Å²) in [4.78, 5) is 8.36. The second-order valence-corrected chi connectivity index (χ2v) is 3.53. The van der Waals surface area contributed by atoms with Gasteiger partial charge in [-0.15, -0.1) is 0 Å². The van der Waals surface area contributed by atoms with Crippen LogP contribution in [-0.2, 0) is 0 Å². The van der Waals surface area contributed by atoms with Crippen molar-refractivity contribution in [2.75, 3.05) is 0 Å². The van der Waals surface area contributed by atoms with E-state index < -0.39 is 0 Å². The predicted octanol–water partition coefficient (Wildman–Crippen LogP) is 2.10. The molecule has 1 aliphatic rings. The molecule has 0 saturated heterocycles. The molecule has 0 atom stereocenters. The van der Waals surface area contributed by atoms with E-state index in [1.165, 1.54) is 0 Å². The van der Waals surface area contributed by atoms with Gasteiger partial charge in [-0.3, -0.25) is 4.57 Å². The van der Waals surface area contributed by atoms with Crippen molar-refractivity contribution >= 4 is 18.4 Å². The monoisotopic (exact) mass is 161 g/mol. The Morgan fingerprint density at radius 2 is 2.25 bits per heavy atom. The average Bonchev–Trinajstić information content (AvgIpc) is 2.40. The molecule has 2 heterocycles. The van der Waals surface area contributed by atoms with Gasteiger partial charge >= 0.3 is 0 Å². The summed E-state index contributed by atoms with van der Waals surface area (Å²) >= 11 is 0. The largest absolute Gasteiger partial charge is 0.292 e. The maximum absolute atomic E-state index is 4.26. The van der Waals surface area contributed by atoms with Crippen molar-refractivity contribution in [3.05, 3.63) is 18.5 Å². The molecule has 0 saturated carbocycles. The highest BCUT2D eigenvalue weighted by Crippen LogP contribution is 2.21. The first kappa shape index (κ1) is 7.28. The fraction of sp³-hybridized carbons (Fsp3) is 0.333. The summed E-state index contributed by atoms with van der Waals surface area (Å²) < 4.78 is 1.91. The zero-order valence-corrected chi connectivity index (χ0v) is 7.23. The molecule has 3 heteroatoms. The molecule has 0 aromatic carbocycles. The van der Waals surface area contributed by atoms with Gasteiger partial charge in [0.2, 0.25) is 5.95 Å². The van der Waals surface area contributed by atoms with E-state index >= 15 is 0 Å². The van der Waals surface area contributed by atoms with Gasteiger partial charge in [-0.1, -0.05) is 19.9 Å². The lowest BCUT2D eigenvalue weighted by Gasteiger charge is -2.10. The second-order valence-electron chi connectivity index (χ2n) is 3.53. The standard InChI is InChI=1S/C9H11N3/c1-9(2)3-5-12-6-4-10-8(12)11-7-9/h3-7H,1-2H3. The van der Waals surface area contributed by atoms with Crippen LogP contribution < -0.4 is 0 Å². The van der Waals surface area contributed by atoms with E-state index in [9.17, 15) is 0 Å². The van der Waals surface area contributed by atoms with Gasteiger partial charge in [0, 0.05) is 30.2 Å². The first-order valence-corrected chi connectivity index (χ1v) is 3.95. The molecule has 12 heavy (non-hydrogen) atoms. The minimum Gasteiger partial charge on any atom is -0.292 e. The molecule has 0 spiro atoms. The normalized spacial score (nSPS) is 18.8. The highest BCUT2D eigenvalue weighted by atomic mass is 15.2. The zero-order chi connectivity index (χ0) is 8.60. The molecule has 62 valence electrons. The van der Waals surface area contributed by atoms with Crippen molar-refractivity contribution in [2.45, 2.75) is 13.8 Å². The second kappa shape index (κ2) is 2.30. The summed E-state index contributed by atoms with van der Waals surface area (Å²) in [6.45, 7) is 4.22. The van der Waals surface area contributed by atoms with Crippen LogP contribution in [0.5, 0.6) is 0 Å². The molecule has 1 aromatic heterocycles. The van der Waals surface area contributed by atoms with E-state index in [1.807, 2.05) is 23.2 Å². The molecule has 2 rings (SSSR count). The summed E-state index contributed by atoms with van der Waals surface area (Å²) in [5, 5.41) is 0. The van der Waals surface area contributed by atoms with Crippen LogP contribution in [-0.4, -0.2) is 15.8 Å². The molecule has 3 nitrogen and oxygen atoms in total. The predicted molar refractivity (Wildman–Crippen MR) is 49.5 cm³/mol. The lowest BCUT2D eigenvalue weighted by Crippen LogP contribution is -2.07. The number of fused-ring (bicyclic) bond motifs is 1. The summed E-state index contributed by atoms with van der Waals surface area (Å²) in [6, 6.07) is 0. The molecular formula is C9H11N3. The van der Waals surface area contributed by atoms with Crippen molar-refractivity contribution < 1.29 is 0 Å². The van der Waals surface area contributed by atoms with Crippen LogP contribution in [0.25, 0.3) is 6.20 Å². The first-order valence-electron chi connectivity index (χ1n) is 3.95. The fourth-order valence-corrected chi connectivity index (χ4v) is 1.06. The third-order valence-electron chi connectivity index (χ3n) is 1.83. The molecule has 0 N–H and O–H groups in total. The zero-order valence-electron chi connectivity index (χ0n) is 7.23. The number of hydrogen-bond acceptors (Lipinski definition) is 2. The number of allylic oxidation sites excluding steroid dienone is 1. The first-order chi connectivity index (χ1) is 5.67. The van der Waals surface area contributed by atoms with Crippen molar-refractivity contribution in [1.29, 1.82) is 0 Å². The van der Waals surface area contributed by atoms with Gasteiger partial charge in [0.25, 0.3) is 0 Å². The Labute approximate surface area is 71.5 Å². The molecule has 0 fully saturated rings. The van der Waals surface area contributed by atoms with Crippen LogP contribution >= 0.6 is 0 Å². The third kappa shape index (κ3) is 1.18. The number of nitrogens with zero attached hydrogens (tertiary/aromatic N) is 3. The molecule has 0 radical (unpaired) electrons. The third-order valence-corrected chi connectivity index (χ3v) is 1.83. The Bertz CT molecular complexity index is 314. The topological polar surface area (TPSA) is 30.2 Å². The smallest absolute Gasteiger partial charge is 0.233 e. The van der Waals surface area contributed by atoms with Crippen molar-refractivity contribution in [3.8, 4) is 0 Å². The molecule has 0 amide bonds. The van der Waals surface area contributed by atoms with Crippen molar-refractivity contribution in [3.63, 3.8) is 0 Å². The summed E-state index contributed by atoms with van der Waals surface area (Å²) in [5.74, 6) is 0.747. The van der Waals surface area contributed by atoms with Gasteiger partial charge in [0.1, 0.15) is 0 Å². The molecule has 0 unspecified atom stereocenters. The van der Waals surface area contributed by atoms with E-state index in [4.69, 9.17) is 0 Å². The van der Waals surface area contributed by atoms with Crippen LogP contribution in [0, 0.1) is 5.41 Å². The van der Waals surface area contributed by atoms with E-state index in [-0.39, 0.29) is 5.41 Å². The van der Waals surface area contributed by atoms with E-state index in [0.717, 1.165) is 5.95 Å². The van der Waals surface area contributed by atoms with Gasteiger partial charge in [0.15, 0.2) is 0 Å². The Morgan fingerprint density at radius 3 is 3.08 bits per heavy atom. The SMILES string of the molecule is CC1(C)C=Cn2ccnc2N=C1. The summed E-state index contributed by atoms with van der Waals surface area (Å²) in [6.07, 6.45) is 9.65. The van der Waals surface area contributed by atoms with Crippen LogP contribution in [0.15, 0.2) is 23.5 Å². The van der Waals surface area contributed by atoms with Crippen molar-refractivity contribution in [1.82, 2.24) is 9.55 Å². The van der Waals surface area contributed by atoms with Crippen LogP contribution in [0.1, 0.15) is 13.8 Å². The highest BCUT2D eigenvalue weighted by molar-refractivity contribution is 5.72. The number of imidazole rings is 1. The number of aliphatic imine (C=N–C) groups is 1. The molecule has 0 bridgehead atoms. The fourth-order valence-electron chi connectivity index (χ4n) is 1.06. The van der Waals surface area contributed by atoms with Crippen LogP contribution in [0.2, 0.25) is 0 Å². The maximum Gasteiger partial charge on any atom is 0.233 e. The van der Waals surface area contributed by atoms with Gasteiger partial charge < -0.3 is 0 Å². The van der Waals surface area contributed by atoms with Gasteiger partial charge in [-0.05, 0) is 0 Å². The van der Waals surface area contributed by atoms with Crippen LogP contribution in [0.3, 0.4) is 0 Å². The van der Waals surface area contributed by atoms with E-state index in [1.54, 1.807) is 6.20 Å². The van der Waals surface area contributed by atoms with Gasteiger partial charge in [0.05, 0.1) is 0 Å². The number of rotatable bonds is 0. The lowest BCUT2D eigenvalue weighted by molar-refractivity contribution is 0.698. The van der Waals surface area contributed by atoms with Gasteiger partial charge in [-0.25, -0.2) is 9.98 Å². The Hall–Kier alpha value is -1.38. The summed E-state index contributed by atoms with van der Waals surface area (Å²) in [7, 11) is 0. The quantitative estimate of drug-likeness (QED) is 0.573. The average molecular weight is 161 g/mol. The number of hydrogen-bond donors (Lipinski definition) is 0.